The number of nitrogens with one attached hydrogen (secondary N) is 2. The predicted molar refractivity (Wildman–Crippen MR) is 122 cm³/mol. The molecule has 3 amide bonds. The molecule has 1 saturated heterocycles. The number of carbonyl (C=O) groups is 4. The molecule has 0 radical (unpaired) electrons. The molecule has 1 aromatic carbocycles. The highest BCUT2D eigenvalue weighted by atomic mass is 16.4. The number of aliphatic carboxylic acids is 1. The van der Waals surface area contributed by atoms with E-state index >= 15 is 0 Å². The first-order valence-corrected chi connectivity index (χ1v) is 11.2. The Kier molecular flexibility index (Phi) is 7.66. The number of phenolic OH excluding ortho intramolecular Hbond substituents is 2. The molecule has 1 aromatic rings. The van der Waals surface area contributed by atoms with Crippen molar-refractivity contribution in [2.24, 2.45) is 11.8 Å². The van der Waals surface area contributed by atoms with E-state index in [9.17, 15) is 39.6 Å². The normalized spacial score (nSPS) is 22.0. The lowest BCUT2D eigenvalue weighted by atomic mass is 9.77. The molecule has 6 N–H and O–H groups in total. The van der Waals surface area contributed by atoms with Gasteiger partial charge in [0.25, 0.3) is 5.91 Å². The van der Waals surface area contributed by atoms with Crippen LogP contribution in [-0.4, -0.2) is 99.3 Å². The fourth-order valence-electron chi connectivity index (χ4n) is 4.65. The number of aromatic hydroxyl groups is 2. The van der Waals surface area contributed by atoms with E-state index in [-0.39, 0.29) is 55.0 Å². The number of fused-ring (bicyclic) bond motifs is 1. The van der Waals surface area contributed by atoms with E-state index < -0.39 is 41.6 Å². The molecular weight excluding hydrogens is 460 g/mol. The van der Waals surface area contributed by atoms with Crippen LogP contribution in [0.4, 0.5) is 0 Å². The maximum absolute atomic E-state index is 12.4. The van der Waals surface area contributed by atoms with Gasteiger partial charge >= 0.3 is 5.97 Å². The number of phenols is 2. The summed E-state index contributed by atoms with van der Waals surface area (Å²) < 4.78 is 0. The Balaban J connectivity index is 1.49. The molecule has 4 atom stereocenters. The second-order valence-corrected chi connectivity index (χ2v) is 8.91. The molecule has 2 aliphatic rings. The Morgan fingerprint density at radius 2 is 1.80 bits per heavy atom. The molecule has 12 heteroatoms. The van der Waals surface area contributed by atoms with Gasteiger partial charge in [-0.1, -0.05) is 6.92 Å². The van der Waals surface area contributed by atoms with E-state index in [0.717, 1.165) is 6.07 Å². The number of nitrogens with zero attached hydrogens (tertiary/aromatic N) is 2. The number of aliphatic hydroxyl groups is 1. The zero-order valence-corrected chi connectivity index (χ0v) is 19.7. The highest BCUT2D eigenvalue weighted by molar-refractivity contribution is 6.00. The average Bonchev–Trinajstić information content (AvgIpc) is 3.01. The lowest BCUT2D eigenvalue weighted by Gasteiger charge is -2.46. The number of carboxylic acids is 1. The number of likely N-dealkylation sites (N-methyl/N-ethyl adjacent to an activating group) is 1. The van der Waals surface area contributed by atoms with E-state index in [1.165, 1.54) is 24.0 Å². The van der Waals surface area contributed by atoms with Crippen LogP contribution in [0.2, 0.25) is 0 Å². The third kappa shape index (κ3) is 5.23. The summed E-state index contributed by atoms with van der Waals surface area (Å²) in [7, 11) is 1.65. The molecule has 2 aliphatic heterocycles. The van der Waals surface area contributed by atoms with Gasteiger partial charge in [0.1, 0.15) is 5.70 Å². The van der Waals surface area contributed by atoms with Crippen LogP contribution < -0.4 is 10.6 Å². The molecule has 35 heavy (non-hydrogen) atoms. The van der Waals surface area contributed by atoms with E-state index in [2.05, 4.69) is 10.6 Å². The summed E-state index contributed by atoms with van der Waals surface area (Å²) in [5.41, 5.74) is 0.596. The smallest absolute Gasteiger partial charge is 0.352 e. The first kappa shape index (κ1) is 26.0. The first-order chi connectivity index (χ1) is 16.4. The molecule has 190 valence electrons. The number of β-lactam (4-membered cyclic amide) rings is 1. The Morgan fingerprint density at radius 3 is 2.40 bits per heavy atom. The average molecular weight is 491 g/mol. The van der Waals surface area contributed by atoms with Crippen molar-refractivity contribution < 1.29 is 39.6 Å². The predicted octanol–water partition coefficient (Wildman–Crippen LogP) is -0.928. The second-order valence-electron chi connectivity index (χ2n) is 8.91. The zero-order chi connectivity index (χ0) is 26.0. The fourth-order valence-corrected chi connectivity index (χ4v) is 4.65. The first-order valence-electron chi connectivity index (χ1n) is 11.2. The third-order valence-corrected chi connectivity index (χ3v) is 6.34. The van der Waals surface area contributed by atoms with Crippen LogP contribution >= 0.6 is 0 Å². The summed E-state index contributed by atoms with van der Waals surface area (Å²) in [4.78, 5) is 51.5. The minimum Gasteiger partial charge on any atom is -0.504 e. The van der Waals surface area contributed by atoms with Crippen LogP contribution in [0.25, 0.3) is 0 Å². The van der Waals surface area contributed by atoms with Crippen molar-refractivity contribution >= 4 is 23.7 Å². The van der Waals surface area contributed by atoms with Gasteiger partial charge in [-0.2, -0.15) is 0 Å². The summed E-state index contributed by atoms with van der Waals surface area (Å²) in [6, 6.07) is 3.26. The Labute approximate surface area is 201 Å². The standard InChI is InChI=1S/C23H30N4O8/c1-11-14(20(23(34)35)27-19(11)18(12(2)28)22(27)33)9-26(3)10-17(31)24-6-7-25-21(32)13-4-5-15(29)16(30)8-13/h4-5,8,11-12,18-19,28-30H,6-7,9-10H2,1-3H3,(H,24,31)(H,25,32)(H,34,35)/t11?,12?,18?,19-/m1/s1. The minimum atomic E-state index is -1.22. The largest absolute Gasteiger partial charge is 0.504 e. The molecule has 2 heterocycles. The monoisotopic (exact) mass is 490 g/mol. The molecule has 1 fully saturated rings. The van der Waals surface area contributed by atoms with Gasteiger partial charge in [-0.05, 0) is 37.7 Å². The Bertz CT molecular complexity index is 1070. The third-order valence-electron chi connectivity index (χ3n) is 6.34. The number of hydrogen-bond donors (Lipinski definition) is 6. The molecular formula is C23H30N4O8. The number of hydrogen-bond acceptors (Lipinski definition) is 8. The van der Waals surface area contributed by atoms with Crippen LogP contribution in [0.3, 0.4) is 0 Å². The molecule has 3 rings (SSSR count). The van der Waals surface area contributed by atoms with Gasteiger partial charge in [0.2, 0.25) is 11.8 Å². The van der Waals surface area contributed by atoms with Crippen molar-refractivity contribution in [3.05, 3.63) is 35.0 Å². The SMILES string of the molecule is CC(O)C1C(=O)N2C(C(=O)O)=C(CN(C)CC(=O)NCCNC(=O)c3ccc(O)c(O)c3)C(C)[C@H]12. The van der Waals surface area contributed by atoms with Crippen molar-refractivity contribution in [3.63, 3.8) is 0 Å². The quantitative estimate of drug-likeness (QED) is 0.137. The van der Waals surface area contributed by atoms with Gasteiger partial charge in [0, 0.05) is 31.1 Å². The lowest BCUT2D eigenvalue weighted by molar-refractivity contribution is -0.163. The molecule has 0 aliphatic carbocycles. The van der Waals surface area contributed by atoms with Gasteiger partial charge in [-0.3, -0.25) is 19.3 Å². The van der Waals surface area contributed by atoms with Gasteiger partial charge in [0.15, 0.2) is 11.5 Å². The van der Waals surface area contributed by atoms with Crippen molar-refractivity contribution in [2.45, 2.75) is 26.0 Å². The summed E-state index contributed by atoms with van der Waals surface area (Å²) in [5.74, 6) is -4.13. The highest BCUT2D eigenvalue weighted by Crippen LogP contribution is 2.47. The summed E-state index contributed by atoms with van der Waals surface area (Å²) in [6.07, 6.45) is -0.885. The van der Waals surface area contributed by atoms with Gasteiger partial charge in [-0.25, -0.2) is 4.79 Å². The van der Waals surface area contributed by atoms with Gasteiger partial charge in [0.05, 0.1) is 24.6 Å². The lowest BCUT2D eigenvalue weighted by Crippen LogP contribution is -2.63. The molecule has 0 aromatic heterocycles. The zero-order valence-electron chi connectivity index (χ0n) is 19.7. The number of rotatable bonds is 10. The van der Waals surface area contributed by atoms with E-state index in [0.29, 0.717) is 5.57 Å². The van der Waals surface area contributed by atoms with E-state index in [4.69, 9.17) is 0 Å². The fraction of sp³-hybridized carbons (Fsp3) is 0.478. The summed E-state index contributed by atoms with van der Waals surface area (Å²) in [6.45, 7) is 3.71. The Hall–Kier alpha value is -3.64. The van der Waals surface area contributed by atoms with Crippen LogP contribution in [0.1, 0.15) is 24.2 Å². The number of amides is 3. The van der Waals surface area contributed by atoms with Crippen LogP contribution in [0, 0.1) is 11.8 Å². The van der Waals surface area contributed by atoms with Crippen molar-refractivity contribution in [3.8, 4) is 11.5 Å². The summed E-state index contributed by atoms with van der Waals surface area (Å²) >= 11 is 0. The summed E-state index contributed by atoms with van der Waals surface area (Å²) in [5, 5.41) is 43.6. The van der Waals surface area contributed by atoms with Crippen molar-refractivity contribution in [2.75, 3.05) is 33.2 Å². The van der Waals surface area contributed by atoms with Crippen molar-refractivity contribution in [1.29, 1.82) is 0 Å². The second kappa shape index (κ2) is 10.3. The van der Waals surface area contributed by atoms with Gasteiger partial charge in [-0.15, -0.1) is 0 Å². The molecule has 0 saturated carbocycles. The van der Waals surface area contributed by atoms with Crippen LogP contribution in [0.5, 0.6) is 11.5 Å². The highest BCUT2D eigenvalue weighted by Gasteiger charge is 2.59. The van der Waals surface area contributed by atoms with Crippen molar-refractivity contribution in [1.82, 2.24) is 20.4 Å². The topological polar surface area (TPSA) is 180 Å². The Morgan fingerprint density at radius 1 is 1.14 bits per heavy atom. The number of benzene rings is 1. The van der Waals surface area contributed by atoms with Crippen LogP contribution in [-0.2, 0) is 14.4 Å². The molecule has 0 bridgehead atoms. The molecule has 12 nitrogen and oxygen atoms in total. The number of aliphatic hydroxyl groups excluding tert-OH is 1. The number of carboxylic acid groups (broad SMARTS) is 1. The minimum absolute atomic E-state index is 0.0403. The molecule has 0 spiro atoms. The maximum atomic E-state index is 12.4. The van der Waals surface area contributed by atoms with E-state index in [1.807, 2.05) is 6.92 Å². The van der Waals surface area contributed by atoms with Crippen LogP contribution in [0.15, 0.2) is 29.5 Å². The van der Waals surface area contributed by atoms with E-state index in [1.54, 1.807) is 11.9 Å². The number of carbonyl (C=O) groups excluding carboxylic acids is 3. The van der Waals surface area contributed by atoms with Gasteiger partial charge < -0.3 is 36.0 Å². The molecule has 3 unspecified atom stereocenters. The maximum Gasteiger partial charge on any atom is 0.352 e.